The molecule has 1 aliphatic heterocycles. The molecule has 0 spiro atoms. The molecule has 4 heteroatoms. The lowest BCUT2D eigenvalue weighted by molar-refractivity contribution is 0.582. The summed E-state index contributed by atoms with van der Waals surface area (Å²) in [6.07, 6.45) is 1.39. The lowest BCUT2D eigenvalue weighted by atomic mass is 10.2. The van der Waals surface area contributed by atoms with Crippen molar-refractivity contribution in [2.24, 2.45) is 0 Å². The van der Waals surface area contributed by atoms with Crippen LogP contribution in [0.5, 0.6) is 0 Å². The van der Waals surface area contributed by atoms with E-state index in [9.17, 15) is 8.42 Å². The molecule has 0 aliphatic carbocycles. The summed E-state index contributed by atoms with van der Waals surface area (Å²) < 4.78 is 23.9. The van der Waals surface area contributed by atoms with Gasteiger partial charge in [-0.2, -0.15) is 0 Å². The fraction of sp³-hybridized carbons (Fsp3) is 0.500. The minimum atomic E-state index is -2.92. The average Bonchev–Trinajstić information content (AvgIpc) is 2.82. The van der Waals surface area contributed by atoms with Crippen molar-refractivity contribution >= 4 is 9.84 Å². The SMILES string of the molecule is O=S(=O)(CCc1ccccc1)[C@H]1CCNC1. The summed E-state index contributed by atoms with van der Waals surface area (Å²) in [4.78, 5) is 0. The normalized spacial score (nSPS) is 21.1. The molecule has 0 saturated carbocycles. The Bertz CT molecular complexity index is 422. The Balaban J connectivity index is 1.94. The molecule has 0 unspecified atom stereocenters. The smallest absolute Gasteiger partial charge is 0.154 e. The van der Waals surface area contributed by atoms with Crippen LogP contribution >= 0.6 is 0 Å². The highest BCUT2D eigenvalue weighted by atomic mass is 32.2. The molecule has 1 aromatic rings. The van der Waals surface area contributed by atoms with Gasteiger partial charge in [0.05, 0.1) is 11.0 Å². The van der Waals surface area contributed by atoms with Gasteiger partial charge in [0.1, 0.15) is 0 Å². The minimum Gasteiger partial charge on any atom is -0.315 e. The quantitative estimate of drug-likeness (QED) is 0.853. The Morgan fingerprint density at radius 1 is 1.25 bits per heavy atom. The molecule has 16 heavy (non-hydrogen) atoms. The van der Waals surface area contributed by atoms with Crippen molar-refractivity contribution in [1.82, 2.24) is 5.32 Å². The highest BCUT2D eigenvalue weighted by Crippen LogP contribution is 2.12. The lowest BCUT2D eigenvalue weighted by Gasteiger charge is -2.10. The average molecular weight is 239 g/mol. The van der Waals surface area contributed by atoms with Gasteiger partial charge in [0.2, 0.25) is 0 Å². The van der Waals surface area contributed by atoms with E-state index in [0.717, 1.165) is 18.5 Å². The predicted octanol–water partition coefficient (Wildman–Crippen LogP) is 1.01. The van der Waals surface area contributed by atoms with Crippen LogP contribution in [0.15, 0.2) is 30.3 Å². The molecule has 1 N–H and O–H groups in total. The van der Waals surface area contributed by atoms with Crippen molar-refractivity contribution in [2.45, 2.75) is 18.1 Å². The Labute approximate surface area is 96.8 Å². The second-order valence-electron chi connectivity index (χ2n) is 4.22. The van der Waals surface area contributed by atoms with Gasteiger partial charge in [-0.1, -0.05) is 30.3 Å². The number of aryl methyl sites for hydroxylation is 1. The number of hydrogen-bond donors (Lipinski definition) is 1. The molecule has 1 fully saturated rings. The summed E-state index contributed by atoms with van der Waals surface area (Å²) in [7, 11) is -2.92. The predicted molar refractivity (Wildman–Crippen MR) is 65.2 cm³/mol. The molecule has 88 valence electrons. The standard InChI is InChI=1S/C12H17NO2S/c14-16(15,12-6-8-13-10-12)9-7-11-4-2-1-3-5-11/h1-5,12-13H,6-10H2/t12-/m0/s1. The maximum atomic E-state index is 12.0. The zero-order chi connectivity index (χ0) is 11.4. The topological polar surface area (TPSA) is 46.2 Å². The third-order valence-electron chi connectivity index (χ3n) is 3.04. The van der Waals surface area contributed by atoms with Gasteiger partial charge in [-0.3, -0.25) is 0 Å². The van der Waals surface area contributed by atoms with Gasteiger partial charge in [-0.15, -0.1) is 0 Å². The van der Waals surface area contributed by atoms with Crippen molar-refractivity contribution in [2.75, 3.05) is 18.8 Å². The van der Waals surface area contributed by atoms with E-state index in [0.29, 0.717) is 13.0 Å². The monoisotopic (exact) mass is 239 g/mol. The van der Waals surface area contributed by atoms with Gasteiger partial charge < -0.3 is 5.32 Å². The van der Waals surface area contributed by atoms with E-state index in [1.165, 1.54) is 0 Å². The van der Waals surface area contributed by atoms with Crippen molar-refractivity contribution in [3.8, 4) is 0 Å². The summed E-state index contributed by atoms with van der Waals surface area (Å²) in [5, 5.41) is 2.93. The minimum absolute atomic E-state index is 0.170. The van der Waals surface area contributed by atoms with Crippen LogP contribution in [0.3, 0.4) is 0 Å². The molecule has 0 aromatic heterocycles. The summed E-state index contributed by atoms with van der Waals surface area (Å²) in [6, 6.07) is 9.78. The van der Waals surface area contributed by atoms with Crippen LogP contribution in [-0.2, 0) is 16.3 Å². The largest absolute Gasteiger partial charge is 0.315 e. The number of benzene rings is 1. The van der Waals surface area contributed by atoms with Crippen LogP contribution in [0, 0.1) is 0 Å². The van der Waals surface area contributed by atoms with E-state index in [1.54, 1.807) is 0 Å². The molecule has 2 rings (SSSR count). The zero-order valence-electron chi connectivity index (χ0n) is 9.22. The van der Waals surface area contributed by atoms with Crippen LogP contribution in [0.4, 0.5) is 0 Å². The van der Waals surface area contributed by atoms with Crippen molar-refractivity contribution in [1.29, 1.82) is 0 Å². The van der Waals surface area contributed by atoms with Crippen molar-refractivity contribution < 1.29 is 8.42 Å². The third-order valence-corrected chi connectivity index (χ3v) is 5.23. The Morgan fingerprint density at radius 2 is 2.00 bits per heavy atom. The molecule has 0 radical (unpaired) electrons. The van der Waals surface area contributed by atoms with E-state index in [-0.39, 0.29) is 11.0 Å². The molecule has 1 aliphatic rings. The Kier molecular flexibility index (Phi) is 3.61. The van der Waals surface area contributed by atoms with Crippen LogP contribution < -0.4 is 5.32 Å². The Morgan fingerprint density at radius 3 is 2.62 bits per heavy atom. The second kappa shape index (κ2) is 4.97. The Hall–Kier alpha value is -0.870. The fourth-order valence-electron chi connectivity index (χ4n) is 2.01. The molecule has 3 nitrogen and oxygen atoms in total. The van der Waals surface area contributed by atoms with Crippen LogP contribution in [-0.4, -0.2) is 32.5 Å². The first-order valence-corrected chi connectivity index (χ1v) is 7.36. The molecular formula is C12H17NO2S. The summed E-state index contributed by atoms with van der Waals surface area (Å²) in [5.41, 5.74) is 1.09. The molecule has 1 atom stereocenters. The summed E-state index contributed by atoms with van der Waals surface area (Å²) in [6.45, 7) is 1.45. The highest BCUT2D eigenvalue weighted by Gasteiger charge is 2.27. The number of rotatable bonds is 4. The van der Waals surface area contributed by atoms with Crippen LogP contribution in [0.25, 0.3) is 0 Å². The molecule has 0 bridgehead atoms. The molecule has 1 saturated heterocycles. The third kappa shape index (κ3) is 2.83. The van der Waals surface area contributed by atoms with E-state index in [4.69, 9.17) is 0 Å². The van der Waals surface area contributed by atoms with Gasteiger partial charge in [0.25, 0.3) is 0 Å². The first kappa shape index (κ1) is 11.6. The molecule has 1 heterocycles. The number of hydrogen-bond acceptors (Lipinski definition) is 3. The van der Waals surface area contributed by atoms with Crippen molar-refractivity contribution in [3.05, 3.63) is 35.9 Å². The van der Waals surface area contributed by atoms with Gasteiger partial charge >= 0.3 is 0 Å². The maximum absolute atomic E-state index is 12.0. The summed E-state index contributed by atoms with van der Waals surface area (Å²) in [5.74, 6) is 0.267. The van der Waals surface area contributed by atoms with Gasteiger partial charge in [-0.05, 0) is 24.9 Å². The lowest BCUT2D eigenvalue weighted by Crippen LogP contribution is -2.27. The second-order valence-corrected chi connectivity index (χ2v) is 6.62. The molecule has 0 amide bonds. The number of sulfone groups is 1. The maximum Gasteiger partial charge on any atom is 0.154 e. The molecule has 1 aromatic carbocycles. The van der Waals surface area contributed by atoms with Crippen LogP contribution in [0.1, 0.15) is 12.0 Å². The van der Waals surface area contributed by atoms with Gasteiger partial charge in [-0.25, -0.2) is 8.42 Å². The fourth-order valence-corrected chi connectivity index (χ4v) is 3.71. The van der Waals surface area contributed by atoms with Gasteiger partial charge in [0, 0.05) is 6.54 Å². The van der Waals surface area contributed by atoms with E-state index < -0.39 is 9.84 Å². The first-order valence-electron chi connectivity index (χ1n) is 5.65. The summed E-state index contributed by atoms with van der Waals surface area (Å²) >= 11 is 0. The van der Waals surface area contributed by atoms with Crippen molar-refractivity contribution in [3.63, 3.8) is 0 Å². The first-order chi connectivity index (χ1) is 7.68. The van der Waals surface area contributed by atoms with E-state index in [2.05, 4.69) is 5.32 Å². The van der Waals surface area contributed by atoms with Gasteiger partial charge in [0.15, 0.2) is 9.84 Å². The highest BCUT2D eigenvalue weighted by molar-refractivity contribution is 7.92. The van der Waals surface area contributed by atoms with E-state index in [1.807, 2.05) is 30.3 Å². The zero-order valence-corrected chi connectivity index (χ0v) is 10.0. The number of nitrogens with one attached hydrogen (secondary N) is 1. The van der Waals surface area contributed by atoms with Crippen LogP contribution in [0.2, 0.25) is 0 Å². The molecular weight excluding hydrogens is 222 g/mol. The van der Waals surface area contributed by atoms with E-state index >= 15 is 0 Å².